The van der Waals surface area contributed by atoms with Crippen molar-refractivity contribution in [3.05, 3.63) is 52.1 Å². The van der Waals surface area contributed by atoms with Crippen LogP contribution >= 0.6 is 0 Å². The number of allylic oxidation sites excluding steroid dienone is 4. The van der Waals surface area contributed by atoms with Gasteiger partial charge < -0.3 is 0 Å². The molecule has 0 radical (unpaired) electrons. The minimum Gasteiger partial charge on any atom is -0.284 e. The van der Waals surface area contributed by atoms with Gasteiger partial charge in [0.05, 0.1) is 5.54 Å². The molecule has 0 atom stereocenters. The van der Waals surface area contributed by atoms with Crippen molar-refractivity contribution in [2.45, 2.75) is 60.4 Å². The molecule has 21 heavy (non-hydrogen) atoms. The lowest BCUT2D eigenvalue weighted by molar-refractivity contribution is 0.584. The van der Waals surface area contributed by atoms with E-state index in [1.54, 1.807) is 0 Å². The Bertz CT molecular complexity index is 649. The maximum absolute atomic E-state index is 4.86. The Morgan fingerprint density at radius 3 is 2.14 bits per heavy atom. The lowest BCUT2D eigenvalue weighted by Gasteiger charge is -2.17. The fraction of sp³-hybridized carbons (Fsp3) is 0.450. The summed E-state index contributed by atoms with van der Waals surface area (Å²) < 4.78 is 0. The Kier molecular flexibility index (Phi) is 4.22. The predicted molar refractivity (Wildman–Crippen MR) is 94.0 cm³/mol. The Morgan fingerprint density at radius 1 is 1.00 bits per heavy atom. The van der Waals surface area contributed by atoms with Crippen LogP contribution in [0.15, 0.2) is 46.0 Å². The number of nitrogens with zero attached hydrogens (tertiary/aromatic N) is 1. The van der Waals surface area contributed by atoms with E-state index < -0.39 is 0 Å². The van der Waals surface area contributed by atoms with Gasteiger partial charge in [-0.2, -0.15) is 0 Å². The molecule has 0 amide bonds. The zero-order valence-electron chi connectivity index (χ0n) is 14.5. The average Bonchev–Trinajstić information content (AvgIpc) is 2.64. The lowest BCUT2D eigenvalue weighted by Crippen LogP contribution is -2.14. The van der Waals surface area contributed by atoms with Crippen LogP contribution in [0.5, 0.6) is 0 Å². The Hall–Kier alpha value is -1.63. The van der Waals surface area contributed by atoms with Crippen LogP contribution in [-0.2, 0) is 0 Å². The first-order valence-electron chi connectivity index (χ1n) is 7.73. The van der Waals surface area contributed by atoms with E-state index in [9.17, 15) is 0 Å². The molecule has 0 N–H and O–H groups in total. The van der Waals surface area contributed by atoms with Crippen LogP contribution in [0.3, 0.4) is 0 Å². The second-order valence-electron chi connectivity index (χ2n) is 7.10. The molecular formula is C20H27N. The summed E-state index contributed by atoms with van der Waals surface area (Å²) in [6.45, 7) is 15.3. The molecule has 1 heteroatoms. The van der Waals surface area contributed by atoms with E-state index in [0.29, 0.717) is 0 Å². The van der Waals surface area contributed by atoms with Gasteiger partial charge in [0, 0.05) is 11.3 Å². The SMILES string of the molecule is CC(=NC(C)(C)C)c1ccccc1C1=C(C)C(C)=C(C)C1. The Morgan fingerprint density at radius 2 is 1.62 bits per heavy atom. The molecule has 0 fully saturated rings. The van der Waals surface area contributed by atoms with Crippen LogP contribution in [-0.4, -0.2) is 11.3 Å². The van der Waals surface area contributed by atoms with Gasteiger partial charge in [0.15, 0.2) is 0 Å². The van der Waals surface area contributed by atoms with Gasteiger partial charge >= 0.3 is 0 Å². The van der Waals surface area contributed by atoms with Crippen molar-refractivity contribution < 1.29 is 0 Å². The Labute approximate surface area is 129 Å². The monoisotopic (exact) mass is 281 g/mol. The summed E-state index contributed by atoms with van der Waals surface area (Å²) in [4.78, 5) is 4.86. The minimum atomic E-state index is -0.0413. The summed E-state index contributed by atoms with van der Waals surface area (Å²) in [5.74, 6) is 0. The van der Waals surface area contributed by atoms with Gasteiger partial charge in [-0.1, -0.05) is 29.8 Å². The van der Waals surface area contributed by atoms with Gasteiger partial charge in [0.1, 0.15) is 0 Å². The average molecular weight is 281 g/mol. The summed E-state index contributed by atoms with van der Waals surface area (Å²) in [7, 11) is 0. The predicted octanol–water partition coefficient (Wildman–Crippen LogP) is 5.81. The highest BCUT2D eigenvalue weighted by Crippen LogP contribution is 2.39. The van der Waals surface area contributed by atoms with E-state index in [-0.39, 0.29) is 5.54 Å². The molecule has 0 aliphatic heterocycles. The molecule has 112 valence electrons. The van der Waals surface area contributed by atoms with Crippen LogP contribution in [0.25, 0.3) is 5.57 Å². The molecule has 1 aromatic carbocycles. The molecule has 1 aromatic rings. The van der Waals surface area contributed by atoms with Gasteiger partial charge in [-0.15, -0.1) is 0 Å². The van der Waals surface area contributed by atoms with E-state index >= 15 is 0 Å². The van der Waals surface area contributed by atoms with Gasteiger partial charge in [-0.05, 0) is 77.2 Å². The van der Waals surface area contributed by atoms with Crippen molar-refractivity contribution >= 4 is 11.3 Å². The van der Waals surface area contributed by atoms with Crippen LogP contribution in [0.4, 0.5) is 0 Å². The first-order chi connectivity index (χ1) is 9.70. The second-order valence-corrected chi connectivity index (χ2v) is 7.10. The standard InChI is InChI=1S/C20H27N/c1-13-12-19(15(3)14(13)2)18-11-9-8-10-17(18)16(4)21-20(5,6)7/h8-11H,12H2,1-7H3. The zero-order chi connectivity index (χ0) is 15.8. The molecule has 0 saturated heterocycles. The van der Waals surface area contributed by atoms with Gasteiger partial charge in [0.25, 0.3) is 0 Å². The molecule has 2 rings (SSSR count). The van der Waals surface area contributed by atoms with Gasteiger partial charge in [0.2, 0.25) is 0 Å². The smallest absolute Gasteiger partial charge is 0.0527 e. The largest absolute Gasteiger partial charge is 0.284 e. The molecule has 0 unspecified atom stereocenters. The maximum atomic E-state index is 4.86. The quantitative estimate of drug-likeness (QED) is 0.607. The fourth-order valence-corrected chi connectivity index (χ4v) is 3.00. The molecule has 0 heterocycles. The number of hydrogen-bond acceptors (Lipinski definition) is 1. The second kappa shape index (κ2) is 5.63. The van der Waals surface area contributed by atoms with Gasteiger partial charge in [-0.25, -0.2) is 0 Å². The highest BCUT2D eigenvalue weighted by molar-refractivity contribution is 6.04. The van der Waals surface area contributed by atoms with Crippen molar-refractivity contribution in [2.24, 2.45) is 4.99 Å². The van der Waals surface area contributed by atoms with E-state index in [1.165, 1.54) is 33.4 Å². The third-order valence-electron chi connectivity index (χ3n) is 4.24. The molecular weight excluding hydrogens is 254 g/mol. The van der Waals surface area contributed by atoms with E-state index in [4.69, 9.17) is 4.99 Å². The summed E-state index contributed by atoms with van der Waals surface area (Å²) >= 11 is 0. The molecule has 1 aliphatic rings. The zero-order valence-corrected chi connectivity index (χ0v) is 14.5. The summed E-state index contributed by atoms with van der Waals surface area (Å²) in [6.07, 6.45) is 1.07. The summed E-state index contributed by atoms with van der Waals surface area (Å²) in [6, 6.07) is 8.68. The normalized spacial score (nSPS) is 17.0. The van der Waals surface area contributed by atoms with Crippen molar-refractivity contribution in [1.29, 1.82) is 0 Å². The van der Waals surface area contributed by atoms with Crippen molar-refractivity contribution in [3.8, 4) is 0 Å². The number of aliphatic imine (C=N–C) groups is 1. The van der Waals surface area contributed by atoms with Crippen LogP contribution in [0.2, 0.25) is 0 Å². The molecule has 0 aromatic heterocycles. The fourth-order valence-electron chi connectivity index (χ4n) is 3.00. The van der Waals surface area contributed by atoms with Crippen LogP contribution in [0.1, 0.15) is 66.0 Å². The van der Waals surface area contributed by atoms with E-state index in [1.807, 2.05) is 0 Å². The first kappa shape index (κ1) is 15.8. The number of rotatable bonds is 2. The van der Waals surface area contributed by atoms with E-state index in [0.717, 1.165) is 12.1 Å². The number of hydrogen-bond donors (Lipinski definition) is 0. The minimum absolute atomic E-state index is 0.0413. The van der Waals surface area contributed by atoms with Crippen molar-refractivity contribution in [3.63, 3.8) is 0 Å². The van der Waals surface area contributed by atoms with Crippen LogP contribution in [0, 0.1) is 0 Å². The maximum Gasteiger partial charge on any atom is 0.0527 e. The molecule has 0 spiro atoms. The third kappa shape index (κ3) is 3.34. The molecule has 1 aliphatic carbocycles. The lowest BCUT2D eigenvalue weighted by atomic mass is 9.93. The molecule has 1 nitrogen and oxygen atoms in total. The summed E-state index contributed by atoms with van der Waals surface area (Å²) in [5, 5.41) is 0. The van der Waals surface area contributed by atoms with Crippen LogP contribution < -0.4 is 0 Å². The molecule has 0 bridgehead atoms. The van der Waals surface area contributed by atoms with Crippen molar-refractivity contribution in [1.82, 2.24) is 0 Å². The number of benzene rings is 1. The third-order valence-corrected chi connectivity index (χ3v) is 4.24. The van der Waals surface area contributed by atoms with E-state index in [2.05, 4.69) is 72.7 Å². The highest BCUT2D eigenvalue weighted by atomic mass is 14.8. The topological polar surface area (TPSA) is 12.4 Å². The van der Waals surface area contributed by atoms with Crippen molar-refractivity contribution in [2.75, 3.05) is 0 Å². The Balaban J connectivity index is 2.53. The molecule has 0 saturated carbocycles. The van der Waals surface area contributed by atoms with Gasteiger partial charge in [-0.3, -0.25) is 4.99 Å². The highest BCUT2D eigenvalue weighted by Gasteiger charge is 2.20. The first-order valence-corrected chi connectivity index (χ1v) is 7.73. The summed E-state index contributed by atoms with van der Waals surface area (Å²) in [5.41, 5.74) is 9.53.